The van der Waals surface area contributed by atoms with Crippen LogP contribution in [0.5, 0.6) is 5.88 Å². The molecule has 9 nitrogen and oxygen atoms in total. The lowest BCUT2D eigenvalue weighted by molar-refractivity contribution is -0.153. The van der Waals surface area contributed by atoms with Crippen LogP contribution in [0.4, 0.5) is 19.0 Å². The maximum Gasteiger partial charge on any atom is 0.395 e. The monoisotopic (exact) mass is 577 g/mol. The molecule has 1 aliphatic carbocycles. The van der Waals surface area contributed by atoms with Crippen LogP contribution in [-0.4, -0.2) is 60.2 Å². The van der Waals surface area contributed by atoms with Crippen molar-refractivity contribution >= 4 is 27.8 Å². The lowest BCUT2D eigenvalue weighted by Crippen LogP contribution is -2.40. The molecule has 2 aliphatic rings. The molecule has 1 aliphatic heterocycles. The molecular weight excluding hydrogens is 543 g/mol. The molecule has 1 saturated heterocycles. The number of hydrogen-bond donors (Lipinski definition) is 1. The zero-order valence-electron chi connectivity index (χ0n) is 23.4. The predicted molar refractivity (Wildman–Crippen MR) is 148 cm³/mol. The normalized spacial score (nSPS) is 22.9. The summed E-state index contributed by atoms with van der Waals surface area (Å²) in [6.07, 6.45) is -0.827. The highest BCUT2D eigenvalue weighted by Gasteiger charge is 2.58. The molecule has 0 bridgehead atoms. The molecule has 1 amide bonds. The Labute approximate surface area is 233 Å². The van der Waals surface area contributed by atoms with Crippen LogP contribution >= 0.6 is 10.7 Å². The van der Waals surface area contributed by atoms with Gasteiger partial charge in [0.25, 0.3) is 5.91 Å². The highest BCUT2D eigenvalue weighted by atomic mass is 32.2. The van der Waals surface area contributed by atoms with Crippen LogP contribution in [0.25, 0.3) is 5.82 Å². The highest BCUT2D eigenvalue weighted by molar-refractivity contribution is 8.13. The number of carbonyl (C=O) groups is 1. The van der Waals surface area contributed by atoms with Gasteiger partial charge < -0.3 is 9.64 Å². The number of aromatic nitrogens is 5. The molecule has 13 heteroatoms. The van der Waals surface area contributed by atoms with E-state index in [1.807, 2.05) is 32.5 Å². The molecule has 4 heterocycles. The van der Waals surface area contributed by atoms with Gasteiger partial charge in [0.1, 0.15) is 11.9 Å². The number of alkyl halides is 3. The average Bonchev–Trinajstić information content (AvgIpc) is 3.21. The van der Waals surface area contributed by atoms with E-state index < -0.39 is 28.9 Å². The molecular formula is C27H34F3N7O2S. The van der Waals surface area contributed by atoms with Crippen molar-refractivity contribution in [1.29, 1.82) is 0 Å². The van der Waals surface area contributed by atoms with E-state index in [0.717, 1.165) is 23.6 Å². The van der Waals surface area contributed by atoms with Gasteiger partial charge in [0, 0.05) is 37.6 Å². The zero-order valence-corrected chi connectivity index (χ0v) is 24.2. The van der Waals surface area contributed by atoms with Crippen LogP contribution in [0.2, 0.25) is 0 Å². The van der Waals surface area contributed by atoms with Crippen LogP contribution in [0, 0.1) is 18.8 Å². The van der Waals surface area contributed by atoms with Gasteiger partial charge in [-0.25, -0.2) is 9.67 Å². The summed E-state index contributed by atoms with van der Waals surface area (Å²) < 4.78 is 50.5. The first-order valence-corrected chi connectivity index (χ1v) is 14.5. The average molecular weight is 578 g/mol. The highest BCUT2D eigenvalue weighted by Crippen LogP contribution is 2.46. The number of ether oxygens (including phenoxy) is 1. The number of nitrogens with zero attached hydrogens (tertiary/aromatic N) is 6. The topological polar surface area (TPSA) is 90.1 Å². The standard InChI is InChI=1S/C27H34F3N7O2S/c1-7-40(21-15-35(6)32-17(21)3)34-25(38)18-8-9-22(31-24(18)36-14-16(2)13-26(36,4)5)37-11-10-23(33-37)39-20-12-19(20)27(28,29)30/h7-11,15-16,19-20H,12-14H2,1-6H3,(H,34,38)/t16-,19+,20+,40?/m0/s1. The van der Waals surface area contributed by atoms with Gasteiger partial charge in [-0.2, -0.15) is 18.3 Å². The summed E-state index contributed by atoms with van der Waals surface area (Å²) in [7, 11) is 1.18. The van der Waals surface area contributed by atoms with Gasteiger partial charge in [-0.1, -0.05) is 17.6 Å². The first-order chi connectivity index (χ1) is 18.8. The summed E-state index contributed by atoms with van der Waals surface area (Å²) in [5.41, 5.74) is 1.04. The first-order valence-electron chi connectivity index (χ1n) is 13.2. The number of halogens is 3. The first kappa shape index (κ1) is 28.2. The van der Waals surface area contributed by atoms with Gasteiger partial charge in [-0.15, -0.1) is 5.10 Å². The Hall–Kier alpha value is -3.35. The van der Waals surface area contributed by atoms with Crippen LogP contribution in [0.3, 0.4) is 0 Å². The Balaban J connectivity index is 1.45. The van der Waals surface area contributed by atoms with Gasteiger partial charge in [-0.3, -0.25) is 14.2 Å². The van der Waals surface area contributed by atoms with Crippen molar-refractivity contribution < 1.29 is 22.7 Å². The SMILES string of the molecule is C/C=S(/NC(=O)c1ccc(-n2ccc(O[C@@H]3C[C@H]3C(F)(F)F)n2)nc1N1C[C@@H](C)CC1(C)C)c1cn(C)nc1C. The Morgan fingerprint density at radius 1 is 1.25 bits per heavy atom. The Morgan fingerprint density at radius 2 is 2.00 bits per heavy atom. The summed E-state index contributed by atoms with van der Waals surface area (Å²) >= 11 is 0. The summed E-state index contributed by atoms with van der Waals surface area (Å²) in [4.78, 5) is 21.7. The van der Waals surface area contributed by atoms with E-state index in [-0.39, 0.29) is 23.7 Å². The minimum atomic E-state index is -4.27. The summed E-state index contributed by atoms with van der Waals surface area (Å²) in [6.45, 7) is 11.0. The fourth-order valence-corrected chi connectivity index (χ4v) is 6.81. The van der Waals surface area contributed by atoms with Crippen LogP contribution < -0.4 is 14.4 Å². The molecule has 1 N–H and O–H groups in total. The van der Waals surface area contributed by atoms with Crippen molar-refractivity contribution in [2.45, 2.75) is 70.2 Å². The second-order valence-electron chi connectivity index (χ2n) is 11.2. The molecule has 0 aromatic carbocycles. The molecule has 2 fully saturated rings. The van der Waals surface area contributed by atoms with E-state index in [1.54, 1.807) is 23.0 Å². The molecule has 216 valence electrons. The molecule has 5 rings (SSSR count). The number of hydrogen-bond acceptors (Lipinski definition) is 6. The number of carbonyl (C=O) groups excluding carboxylic acids is 1. The van der Waals surface area contributed by atoms with Crippen LogP contribution in [0.1, 0.15) is 56.6 Å². The largest absolute Gasteiger partial charge is 0.473 e. The zero-order chi connectivity index (χ0) is 29.0. The molecule has 1 saturated carbocycles. The Kier molecular flexibility index (Phi) is 7.22. The molecule has 4 atom stereocenters. The van der Waals surface area contributed by atoms with Gasteiger partial charge in [0.05, 0.1) is 22.1 Å². The number of rotatable bonds is 7. The summed E-state index contributed by atoms with van der Waals surface area (Å²) in [5.74, 6) is -0.247. The van der Waals surface area contributed by atoms with Crippen molar-refractivity contribution in [3.05, 3.63) is 41.9 Å². The second-order valence-corrected chi connectivity index (χ2v) is 13.0. The van der Waals surface area contributed by atoms with Gasteiger partial charge in [0.2, 0.25) is 5.88 Å². The summed E-state index contributed by atoms with van der Waals surface area (Å²) in [5, 5.41) is 10.7. The minimum absolute atomic E-state index is 0.0692. The van der Waals surface area contributed by atoms with Crippen LogP contribution in [0.15, 0.2) is 35.5 Å². The molecule has 0 spiro atoms. The van der Waals surface area contributed by atoms with Crippen molar-refractivity contribution in [1.82, 2.24) is 29.3 Å². The second kappa shape index (κ2) is 10.2. The number of nitrogens with one attached hydrogen (secondary N) is 1. The van der Waals surface area contributed by atoms with Crippen molar-refractivity contribution in [3.63, 3.8) is 0 Å². The maximum atomic E-state index is 13.7. The van der Waals surface area contributed by atoms with Gasteiger partial charge in [0.15, 0.2) is 5.82 Å². The van der Waals surface area contributed by atoms with E-state index in [1.165, 1.54) is 10.7 Å². The van der Waals surface area contributed by atoms with Gasteiger partial charge >= 0.3 is 6.18 Å². The van der Waals surface area contributed by atoms with Crippen molar-refractivity contribution in [2.75, 3.05) is 11.4 Å². The fraction of sp³-hybridized carbons (Fsp3) is 0.519. The third-order valence-electron chi connectivity index (χ3n) is 7.30. The lowest BCUT2D eigenvalue weighted by Gasteiger charge is -2.34. The predicted octanol–water partition coefficient (Wildman–Crippen LogP) is 5.06. The molecule has 3 aromatic heterocycles. The van der Waals surface area contributed by atoms with E-state index in [2.05, 4.69) is 40.6 Å². The van der Waals surface area contributed by atoms with E-state index in [4.69, 9.17) is 9.72 Å². The Bertz CT molecular complexity index is 1460. The van der Waals surface area contributed by atoms with E-state index in [0.29, 0.717) is 23.1 Å². The molecule has 1 unspecified atom stereocenters. The van der Waals surface area contributed by atoms with Crippen molar-refractivity contribution in [2.24, 2.45) is 18.9 Å². The smallest absolute Gasteiger partial charge is 0.395 e. The number of aryl methyl sites for hydroxylation is 2. The number of anilines is 1. The fourth-order valence-electron chi connectivity index (χ4n) is 5.40. The molecule has 3 aromatic rings. The maximum absolute atomic E-state index is 13.7. The third-order valence-corrected chi connectivity index (χ3v) is 9.05. The minimum Gasteiger partial charge on any atom is -0.473 e. The Morgan fingerprint density at radius 3 is 2.58 bits per heavy atom. The number of pyridine rings is 1. The lowest BCUT2D eigenvalue weighted by atomic mass is 9.97. The van der Waals surface area contributed by atoms with Gasteiger partial charge in [-0.05, 0) is 64.0 Å². The summed E-state index contributed by atoms with van der Waals surface area (Å²) in [6, 6.07) is 4.93. The molecule has 0 radical (unpaired) electrons. The quantitative estimate of drug-likeness (QED) is 0.395. The van der Waals surface area contributed by atoms with Crippen molar-refractivity contribution in [3.8, 4) is 11.7 Å². The number of amides is 1. The van der Waals surface area contributed by atoms with E-state index >= 15 is 0 Å². The third kappa shape index (κ3) is 5.61. The van der Waals surface area contributed by atoms with E-state index in [9.17, 15) is 18.0 Å². The van der Waals surface area contributed by atoms with Crippen LogP contribution in [-0.2, 0) is 7.05 Å². The molecule has 40 heavy (non-hydrogen) atoms.